The first-order chi connectivity index (χ1) is 9.31. The Hall–Kier alpha value is -1.29. The van der Waals surface area contributed by atoms with Crippen LogP contribution in [0.25, 0.3) is 0 Å². The van der Waals surface area contributed by atoms with Gasteiger partial charge in [-0.3, -0.25) is 4.79 Å². The van der Waals surface area contributed by atoms with Crippen LogP contribution in [0.15, 0.2) is 22.8 Å². The van der Waals surface area contributed by atoms with Crippen LogP contribution in [0, 0.1) is 0 Å². The lowest BCUT2D eigenvalue weighted by Gasteiger charge is -2.36. The molecule has 1 aliphatic heterocycles. The number of hydrogen-bond acceptors (Lipinski definition) is 3. The van der Waals surface area contributed by atoms with E-state index >= 15 is 0 Å². The number of furan rings is 1. The van der Waals surface area contributed by atoms with Crippen molar-refractivity contribution in [2.45, 2.75) is 44.6 Å². The summed E-state index contributed by atoms with van der Waals surface area (Å²) in [6, 6.07) is 4.23. The summed E-state index contributed by atoms with van der Waals surface area (Å²) in [5.41, 5.74) is 0. The van der Waals surface area contributed by atoms with Crippen molar-refractivity contribution >= 4 is 5.91 Å². The molecule has 0 aliphatic carbocycles. The number of piperidine rings is 1. The lowest BCUT2D eigenvalue weighted by molar-refractivity contribution is -0.135. The molecule has 0 radical (unpaired) electrons. The fraction of sp³-hybridized carbons (Fsp3) is 0.667. The van der Waals surface area contributed by atoms with Gasteiger partial charge in [0.1, 0.15) is 5.76 Å². The van der Waals surface area contributed by atoms with E-state index in [0.29, 0.717) is 18.9 Å². The Kier molecular flexibility index (Phi) is 5.45. The molecular formula is C15H24N2O2. The Morgan fingerprint density at radius 2 is 2.42 bits per heavy atom. The van der Waals surface area contributed by atoms with Crippen LogP contribution in [0.5, 0.6) is 0 Å². The summed E-state index contributed by atoms with van der Waals surface area (Å²) in [5, 5.41) is 3.18. The van der Waals surface area contributed by atoms with Crippen molar-refractivity contribution in [1.82, 2.24) is 10.2 Å². The Balaban J connectivity index is 1.84. The number of aryl methyl sites for hydroxylation is 1. The number of amides is 1. The number of likely N-dealkylation sites (tertiary alicyclic amines) is 1. The monoisotopic (exact) mass is 264 g/mol. The van der Waals surface area contributed by atoms with Crippen LogP contribution in [0.4, 0.5) is 0 Å². The van der Waals surface area contributed by atoms with Crippen LogP contribution in [0.3, 0.4) is 0 Å². The van der Waals surface area contributed by atoms with Gasteiger partial charge in [0.25, 0.3) is 0 Å². The minimum Gasteiger partial charge on any atom is -0.469 e. The second-order valence-electron chi connectivity index (χ2n) is 5.21. The largest absolute Gasteiger partial charge is 0.469 e. The van der Waals surface area contributed by atoms with Crippen molar-refractivity contribution in [3.8, 4) is 0 Å². The van der Waals surface area contributed by atoms with Gasteiger partial charge in [0, 0.05) is 25.4 Å². The number of hydrogen-bond donors (Lipinski definition) is 1. The molecule has 0 aromatic carbocycles. The van der Waals surface area contributed by atoms with Crippen molar-refractivity contribution < 1.29 is 9.21 Å². The van der Waals surface area contributed by atoms with Crippen molar-refractivity contribution in [2.75, 3.05) is 20.1 Å². The van der Waals surface area contributed by atoms with E-state index in [4.69, 9.17) is 4.42 Å². The van der Waals surface area contributed by atoms with E-state index in [1.54, 1.807) is 6.26 Å². The first-order valence-corrected chi connectivity index (χ1v) is 7.27. The maximum atomic E-state index is 12.3. The van der Waals surface area contributed by atoms with Crippen molar-refractivity contribution in [2.24, 2.45) is 0 Å². The van der Waals surface area contributed by atoms with Crippen molar-refractivity contribution in [1.29, 1.82) is 0 Å². The van der Waals surface area contributed by atoms with Gasteiger partial charge in [-0.1, -0.05) is 0 Å². The number of nitrogens with one attached hydrogen (secondary N) is 1. The zero-order valence-electron chi connectivity index (χ0n) is 11.7. The smallest absolute Gasteiger partial charge is 0.223 e. The molecule has 1 fully saturated rings. The molecule has 1 unspecified atom stereocenters. The van der Waals surface area contributed by atoms with E-state index in [1.807, 2.05) is 19.2 Å². The molecule has 1 aromatic rings. The lowest BCUT2D eigenvalue weighted by atomic mass is 9.98. The van der Waals surface area contributed by atoms with Crippen LogP contribution in [-0.4, -0.2) is 37.0 Å². The number of carbonyl (C=O) groups is 1. The molecule has 106 valence electrons. The quantitative estimate of drug-likeness (QED) is 0.856. The van der Waals surface area contributed by atoms with Gasteiger partial charge in [0.15, 0.2) is 0 Å². The summed E-state index contributed by atoms with van der Waals surface area (Å²) in [7, 11) is 1.96. The van der Waals surface area contributed by atoms with Crippen LogP contribution in [-0.2, 0) is 11.2 Å². The third-order valence-electron chi connectivity index (χ3n) is 3.84. The van der Waals surface area contributed by atoms with Crippen molar-refractivity contribution in [3.05, 3.63) is 24.2 Å². The van der Waals surface area contributed by atoms with Gasteiger partial charge in [0.2, 0.25) is 5.91 Å². The Labute approximate surface area is 115 Å². The molecule has 1 N–H and O–H groups in total. The summed E-state index contributed by atoms with van der Waals surface area (Å²) in [5.74, 6) is 1.18. The van der Waals surface area contributed by atoms with Crippen LogP contribution in [0.2, 0.25) is 0 Å². The fourth-order valence-corrected chi connectivity index (χ4v) is 2.77. The number of nitrogens with zero attached hydrogens (tertiary/aromatic N) is 1. The SMILES string of the molecule is CNCCC1CCCCN1C(=O)CCc1ccco1. The molecule has 1 aromatic heterocycles. The Morgan fingerprint density at radius 3 is 3.16 bits per heavy atom. The minimum atomic E-state index is 0.275. The summed E-state index contributed by atoms with van der Waals surface area (Å²) < 4.78 is 5.28. The molecular weight excluding hydrogens is 240 g/mol. The molecule has 0 saturated carbocycles. The highest BCUT2D eigenvalue weighted by Crippen LogP contribution is 2.20. The van der Waals surface area contributed by atoms with Crippen LogP contribution in [0.1, 0.15) is 37.9 Å². The molecule has 2 rings (SSSR count). The molecule has 1 atom stereocenters. The van der Waals surface area contributed by atoms with Gasteiger partial charge in [-0.05, 0) is 51.4 Å². The van der Waals surface area contributed by atoms with Crippen LogP contribution < -0.4 is 5.32 Å². The molecule has 1 amide bonds. The minimum absolute atomic E-state index is 0.275. The Morgan fingerprint density at radius 1 is 1.53 bits per heavy atom. The fourth-order valence-electron chi connectivity index (χ4n) is 2.77. The first kappa shape index (κ1) is 14.1. The first-order valence-electron chi connectivity index (χ1n) is 7.27. The van der Waals surface area contributed by atoms with E-state index in [9.17, 15) is 4.79 Å². The van der Waals surface area contributed by atoms with Gasteiger partial charge < -0.3 is 14.6 Å². The van der Waals surface area contributed by atoms with Gasteiger partial charge in [-0.2, -0.15) is 0 Å². The van der Waals surface area contributed by atoms with E-state index in [0.717, 1.165) is 38.1 Å². The second kappa shape index (κ2) is 7.34. The average molecular weight is 264 g/mol. The summed E-state index contributed by atoms with van der Waals surface area (Å²) >= 11 is 0. The highest BCUT2D eigenvalue weighted by atomic mass is 16.3. The molecule has 0 spiro atoms. The normalized spacial score (nSPS) is 19.6. The molecule has 19 heavy (non-hydrogen) atoms. The summed E-state index contributed by atoms with van der Waals surface area (Å²) in [6.45, 7) is 1.90. The maximum Gasteiger partial charge on any atom is 0.223 e. The van der Waals surface area contributed by atoms with E-state index in [2.05, 4.69) is 10.2 Å². The second-order valence-corrected chi connectivity index (χ2v) is 5.21. The number of carbonyl (C=O) groups excluding carboxylic acids is 1. The highest BCUT2D eigenvalue weighted by molar-refractivity contribution is 5.76. The molecule has 0 bridgehead atoms. The van der Waals surface area contributed by atoms with Gasteiger partial charge in [-0.25, -0.2) is 0 Å². The Bertz CT molecular complexity index is 376. The third-order valence-corrected chi connectivity index (χ3v) is 3.84. The average Bonchev–Trinajstić information content (AvgIpc) is 2.96. The molecule has 4 heteroatoms. The summed E-state index contributed by atoms with van der Waals surface area (Å²) in [6.07, 6.45) is 7.52. The van der Waals surface area contributed by atoms with Gasteiger partial charge in [0.05, 0.1) is 6.26 Å². The predicted molar refractivity (Wildman–Crippen MR) is 74.9 cm³/mol. The molecule has 1 aliphatic rings. The lowest BCUT2D eigenvalue weighted by Crippen LogP contribution is -2.44. The molecule has 4 nitrogen and oxygen atoms in total. The van der Waals surface area contributed by atoms with E-state index in [-0.39, 0.29) is 5.91 Å². The highest BCUT2D eigenvalue weighted by Gasteiger charge is 2.25. The molecule has 1 saturated heterocycles. The standard InChI is InChI=1S/C15H24N2O2/c1-16-10-9-13-5-2-3-11-17(13)15(18)8-7-14-6-4-12-19-14/h4,6,12-13,16H,2-3,5,7-11H2,1H3. The summed E-state index contributed by atoms with van der Waals surface area (Å²) in [4.78, 5) is 14.4. The van der Waals surface area contributed by atoms with Gasteiger partial charge in [-0.15, -0.1) is 0 Å². The number of rotatable bonds is 6. The zero-order chi connectivity index (χ0) is 13.5. The van der Waals surface area contributed by atoms with E-state index < -0.39 is 0 Å². The van der Waals surface area contributed by atoms with Gasteiger partial charge >= 0.3 is 0 Å². The van der Waals surface area contributed by atoms with E-state index in [1.165, 1.54) is 6.42 Å². The topological polar surface area (TPSA) is 45.5 Å². The molecule has 2 heterocycles. The predicted octanol–water partition coefficient (Wildman–Crippen LogP) is 2.20. The maximum absolute atomic E-state index is 12.3. The van der Waals surface area contributed by atoms with Crippen molar-refractivity contribution in [3.63, 3.8) is 0 Å². The van der Waals surface area contributed by atoms with Crippen LogP contribution >= 0.6 is 0 Å². The zero-order valence-corrected chi connectivity index (χ0v) is 11.7. The third kappa shape index (κ3) is 4.10.